The molecule has 2 heterocycles. The molecule has 0 aromatic carbocycles. The molecule has 0 bridgehead atoms. The maximum Gasteiger partial charge on any atom is 0.331 e. The number of esters is 1. The zero-order valence-corrected chi connectivity index (χ0v) is 12.8. The molecule has 0 unspecified atom stereocenters. The molecule has 1 aliphatic heterocycles. The van der Waals surface area contributed by atoms with Gasteiger partial charge in [-0.05, 0) is 23.9 Å². The molecule has 1 atom stereocenters. The number of rotatable bonds is 5. The van der Waals surface area contributed by atoms with E-state index in [0.717, 1.165) is 4.88 Å². The molecule has 1 N–H and O–H groups in total. The summed E-state index contributed by atoms with van der Waals surface area (Å²) in [4.78, 5) is 23.9. The van der Waals surface area contributed by atoms with Crippen LogP contribution in [0.15, 0.2) is 23.6 Å². The van der Waals surface area contributed by atoms with E-state index in [2.05, 4.69) is 5.32 Å². The Hall–Kier alpha value is -1.67. The predicted octanol–water partition coefficient (Wildman–Crippen LogP) is 0.608. The topological polar surface area (TPSA) is 89.5 Å². The lowest BCUT2D eigenvalue weighted by Gasteiger charge is -2.10. The summed E-state index contributed by atoms with van der Waals surface area (Å²) in [5.41, 5.74) is 0. The summed E-state index contributed by atoms with van der Waals surface area (Å²) < 4.78 is 27.3. The smallest absolute Gasteiger partial charge is 0.331 e. The average molecular weight is 329 g/mol. The number of hydrogen-bond acceptors (Lipinski definition) is 6. The Kier molecular flexibility index (Phi) is 5.13. The number of nitrogens with one attached hydrogen (secondary N) is 1. The van der Waals surface area contributed by atoms with Gasteiger partial charge in [-0.1, -0.05) is 6.07 Å². The normalized spacial score (nSPS) is 20.5. The first kappa shape index (κ1) is 15.7. The highest BCUT2D eigenvalue weighted by molar-refractivity contribution is 7.91. The predicted molar refractivity (Wildman–Crippen MR) is 79.5 cm³/mol. The first-order valence-corrected chi connectivity index (χ1v) is 9.03. The summed E-state index contributed by atoms with van der Waals surface area (Å²) in [6.45, 7) is -0.413. The highest BCUT2D eigenvalue weighted by atomic mass is 32.2. The van der Waals surface area contributed by atoms with Crippen molar-refractivity contribution >= 4 is 39.1 Å². The van der Waals surface area contributed by atoms with Gasteiger partial charge in [0.05, 0.1) is 11.5 Å². The lowest BCUT2D eigenvalue weighted by Crippen LogP contribution is -2.38. The van der Waals surface area contributed by atoms with E-state index in [4.69, 9.17) is 4.74 Å². The first-order chi connectivity index (χ1) is 9.94. The maximum absolute atomic E-state index is 11.5. The quantitative estimate of drug-likeness (QED) is 0.631. The Bertz CT molecular complexity index is 634. The zero-order valence-electron chi connectivity index (χ0n) is 11.2. The minimum atomic E-state index is -3.04. The lowest BCUT2D eigenvalue weighted by atomic mass is 10.2. The van der Waals surface area contributed by atoms with Crippen LogP contribution in [0.4, 0.5) is 0 Å². The van der Waals surface area contributed by atoms with E-state index < -0.39 is 28.3 Å². The van der Waals surface area contributed by atoms with Gasteiger partial charge >= 0.3 is 5.97 Å². The van der Waals surface area contributed by atoms with Crippen LogP contribution in [0.2, 0.25) is 0 Å². The van der Waals surface area contributed by atoms with Gasteiger partial charge in [-0.15, -0.1) is 11.3 Å². The second-order valence-corrected chi connectivity index (χ2v) is 7.83. The van der Waals surface area contributed by atoms with E-state index >= 15 is 0 Å². The van der Waals surface area contributed by atoms with Crippen molar-refractivity contribution in [2.24, 2.45) is 0 Å². The van der Waals surface area contributed by atoms with Gasteiger partial charge in [0.25, 0.3) is 5.91 Å². The van der Waals surface area contributed by atoms with Crippen LogP contribution >= 0.6 is 11.3 Å². The third-order valence-electron chi connectivity index (χ3n) is 2.87. The minimum Gasteiger partial charge on any atom is -0.452 e. The van der Waals surface area contributed by atoms with Gasteiger partial charge in [0, 0.05) is 17.0 Å². The highest BCUT2D eigenvalue weighted by Crippen LogP contribution is 2.11. The Morgan fingerprint density at radius 3 is 2.90 bits per heavy atom. The molecule has 1 aliphatic rings. The van der Waals surface area contributed by atoms with Gasteiger partial charge in [0.1, 0.15) is 0 Å². The third-order valence-corrected chi connectivity index (χ3v) is 5.48. The van der Waals surface area contributed by atoms with Gasteiger partial charge < -0.3 is 10.1 Å². The highest BCUT2D eigenvalue weighted by Gasteiger charge is 2.28. The van der Waals surface area contributed by atoms with E-state index in [-0.39, 0.29) is 17.5 Å². The summed E-state index contributed by atoms with van der Waals surface area (Å²) in [5.74, 6) is -1.07. The van der Waals surface area contributed by atoms with E-state index in [1.807, 2.05) is 17.5 Å². The average Bonchev–Trinajstić information content (AvgIpc) is 3.03. The fourth-order valence-corrected chi connectivity index (χ4v) is 4.19. The molecule has 114 valence electrons. The number of thiophene rings is 1. The summed E-state index contributed by atoms with van der Waals surface area (Å²) in [7, 11) is -3.04. The molecule has 0 aliphatic carbocycles. The van der Waals surface area contributed by atoms with Gasteiger partial charge in [0.2, 0.25) is 0 Å². The van der Waals surface area contributed by atoms with Crippen molar-refractivity contribution in [1.82, 2.24) is 5.32 Å². The van der Waals surface area contributed by atoms with Gasteiger partial charge in [-0.2, -0.15) is 0 Å². The number of ether oxygens (including phenoxy) is 1. The lowest BCUT2D eigenvalue weighted by molar-refractivity contribution is -0.143. The molecule has 21 heavy (non-hydrogen) atoms. The second-order valence-electron chi connectivity index (χ2n) is 4.62. The number of carbonyl (C=O) groups excluding carboxylic acids is 2. The Morgan fingerprint density at radius 2 is 2.29 bits per heavy atom. The number of sulfone groups is 1. The molecular weight excluding hydrogens is 314 g/mol. The van der Waals surface area contributed by atoms with Crippen LogP contribution in [0.1, 0.15) is 11.3 Å². The SMILES string of the molecule is O=C(COC(=O)/C=C/c1cccs1)N[C@H]1CCS(=O)(=O)C1. The van der Waals surface area contributed by atoms with E-state index in [1.54, 1.807) is 6.08 Å². The van der Waals surface area contributed by atoms with Crippen molar-refractivity contribution in [2.45, 2.75) is 12.5 Å². The maximum atomic E-state index is 11.5. The molecule has 8 heteroatoms. The molecule has 0 spiro atoms. The summed E-state index contributed by atoms with van der Waals surface area (Å²) in [5, 5.41) is 4.43. The monoisotopic (exact) mass is 329 g/mol. The van der Waals surface area contributed by atoms with Gasteiger partial charge in [-0.25, -0.2) is 13.2 Å². The van der Waals surface area contributed by atoms with Crippen LogP contribution in [0.3, 0.4) is 0 Å². The Labute approximate surface area is 126 Å². The second kappa shape index (κ2) is 6.86. The molecule has 1 fully saturated rings. The van der Waals surface area contributed by atoms with Crippen molar-refractivity contribution in [3.05, 3.63) is 28.5 Å². The van der Waals surface area contributed by atoms with Gasteiger partial charge in [-0.3, -0.25) is 4.79 Å². The molecular formula is C13H15NO5S2. The van der Waals surface area contributed by atoms with Crippen LogP contribution in [0.25, 0.3) is 6.08 Å². The molecule has 1 aromatic rings. The van der Waals surface area contributed by atoms with Crippen molar-refractivity contribution < 1.29 is 22.7 Å². The zero-order chi connectivity index (χ0) is 15.3. The third kappa shape index (κ3) is 5.31. The Morgan fingerprint density at radius 1 is 1.48 bits per heavy atom. The van der Waals surface area contributed by atoms with Crippen LogP contribution in [0, 0.1) is 0 Å². The standard InChI is InChI=1S/C13H15NO5S2/c15-12(14-10-5-7-21(17,18)9-10)8-19-13(16)4-3-11-2-1-6-20-11/h1-4,6,10H,5,7-9H2,(H,14,15)/b4-3+/t10-/m0/s1. The van der Waals surface area contributed by atoms with E-state index in [1.165, 1.54) is 17.4 Å². The number of carbonyl (C=O) groups is 2. The minimum absolute atomic E-state index is 0.0506. The fourth-order valence-electron chi connectivity index (χ4n) is 1.90. The fraction of sp³-hybridized carbons (Fsp3) is 0.385. The Balaban J connectivity index is 1.70. The van der Waals surface area contributed by atoms with Gasteiger partial charge in [0.15, 0.2) is 16.4 Å². The molecule has 1 saturated heterocycles. The van der Waals surface area contributed by atoms with Crippen LogP contribution in [-0.4, -0.2) is 44.4 Å². The summed E-state index contributed by atoms with van der Waals surface area (Å²) in [6, 6.07) is 3.32. The molecule has 1 amide bonds. The number of amides is 1. The van der Waals surface area contributed by atoms with Crippen LogP contribution < -0.4 is 5.32 Å². The van der Waals surface area contributed by atoms with Crippen LogP contribution in [0.5, 0.6) is 0 Å². The summed E-state index contributed by atoms with van der Waals surface area (Å²) in [6.07, 6.45) is 3.26. The number of hydrogen-bond donors (Lipinski definition) is 1. The van der Waals surface area contributed by atoms with E-state index in [0.29, 0.717) is 6.42 Å². The summed E-state index contributed by atoms with van der Waals surface area (Å²) >= 11 is 1.48. The largest absolute Gasteiger partial charge is 0.452 e. The molecule has 0 saturated carbocycles. The molecule has 1 aromatic heterocycles. The van der Waals surface area contributed by atoms with Crippen molar-refractivity contribution in [2.75, 3.05) is 18.1 Å². The van der Waals surface area contributed by atoms with E-state index in [9.17, 15) is 18.0 Å². The van der Waals surface area contributed by atoms with Crippen molar-refractivity contribution in [1.29, 1.82) is 0 Å². The van der Waals surface area contributed by atoms with Crippen molar-refractivity contribution in [3.8, 4) is 0 Å². The molecule has 6 nitrogen and oxygen atoms in total. The van der Waals surface area contributed by atoms with Crippen LogP contribution in [-0.2, 0) is 24.2 Å². The first-order valence-electron chi connectivity index (χ1n) is 6.33. The van der Waals surface area contributed by atoms with Crippen molar-refractivity contribution in [3.63, 3.8) is 0 Å². The molecule has 0 radical (unpaired) electrons. The molecule has 2 rings (SSSR count).